The summed E-state index contributed by atoms with van der Waals surface area (Å²) in [4.78, 5) is 31.6. The van der Waals surface area contributed by atoms with Gasteiger partial charge in [0.2, 0.25) is 5.91 Å². The van der Waals surface area contributed by atoms with E-state index in [0.29, 0.717) is 35.7 Å². The van der Waals surface area contributed by atoms with Gasteiger partial charge in [0, 0.05) is 44.1 Å². The maximum absolute atomic E-state index is 12.8. The van der Waals surface area contributed by atoms with Crippen LogP contribution in [0.4, 0.5) is 0 Å². The number of hydrogen-bond donors (Lipinski definition) is 1. The zero-order chi connectivity index (χ0) is 18.9. The van der Waals surface area contributed by atoms with Gasteiger partial charge in [0.15, 0.2) is 5.65 Å². The highest BCUT2D eigenvalue weighted by Gasteiger charge is 2.51. The van der Waals surface area contributed by atoms with Crippen molar-refractivity contribution in [3.63, 3.8) is 0 Å². The van der Waals surface area contributed by atoms with Gasteiger partial charge in [-0.3, -0.25) is 19.4 Å². The molecule has 1 amide bonds. The first-order valence-electron chi connectivity index (χ1n) is 9.60. The molecular formula is C20H24N4O3. The number of aromatic nitrogens is 3. The van der Waals surface area contributed by atoms with Crippen LogP contribution in [0.3, 0.4) is 0 Å². The monoisotopic (exact) mass is 368 g/mol. The molecule has 4 atom stereocenters. The minimum atomic E-state index is -0.125. The van der Waals surface area contributed by atoms with Crippen LogP contribution in [0.15, 0.2) is 16.9 Å². The number of pyridine rings is 1. The summed E-state index contributed by atoms with van der Waals surface area (Å²) in [7, 11) is 1.79. The van der Waals surface area contributed by atoms with Crippen LogP contribution in [-0.2, 0) is 23.0 Å². The van der Waals surface area contributed by atoms with Crippen LogP contribution in [0.5, 0.6) is 0 Å². The standard InChI is InChI=1S/C20H24N4O3/c1-10-12(11(2)21-19-18(10)20(26)22-23(19)3)4-7-17(25)24-8-13-14(9-24)16-6-5-15(13)27-16/h5-6,13-16H,4,7-9H2,1-3H3,(H,22,26). The number of ether oxygens (including phenoxy) is 1. The van der Waals surface area contributed by atoms with Gasteiger partial charge in [0.1, 0.15) is 0 Å². The van der Waals surface area contributed by atoms with Gasteiger partial charge in [-0.15, -0.1) is 0 Å². The molecule has 7 heteroatoms. The second kappa shape index (κ2) is 5.79. The van der Waals surface area contributed by atoms with Gasteiger partial charge in [0.05, 0.1) is 17.6 Å². The van der Waals surface area contributed by atoms with E-state index >= 15 is 0 Å². The summed E-state index contributed by atoms with van der Waals surface area (Å²) >= 11 is 0. The summed E-state index contributed by atoms with van der Waals surface area (Å²) in [5, 5.41) is 3.39. The normalized spacial score (nSPS) is 28.5. The first-order valence-corrected chi connectivity index (χ1v) is 9.60. The predicted molar refractivity (Wildman–Crippen MR) is 100 cm³/mol. The average Bonchev–Trinajstić information content (AvgIpc) is 3.36. The number of amides is 1. The summed E-state index contributed by atoms with van der Waals surface area (Å²) in [5.74, 6) is 1.09. The Morgan fingerprint density at radius 1 is 1.26 bits per heavy atom. The van der Waals surface area contributed by atoms with Crippen molar-refractivity contribution in [1.29, 1.82) is 0 Å². The number of aryl methyl sites for hydroxylation is 3. The molecule has 4 unspecified atom stereocenters. The smallest absolute Gasteiger partial charge is 0.273 e. The van der Waals surface area contributed by atoms with Crippen molar-refractivity contribution in [1.82, 2.24) is 19.7 Å². The lowest BCUT2D eigenvalue weighted by Gasteiger charge is -2.19. The van der Waals surface area contributed by atoms with Gasteiger partial charge in [-0.2, -0.15) is 0 Å². The van der Waals surface area contributed by atoms with Crippen LogP contribution in [0.25, 0.3) is 11.0 Å². The average molecular weight is 368 g/mol. The van der Waals surface area contributed by atoms with Crippen molar-refractivity contribution < 1.29 is 9.53 Å². The molecule has 0 saturated carbocycles. The molecule has 5 rings (SSSR count). The Morgan fingerprint density at radius 3 is 2.59 bits per heavy atom. The van der Waals surface area contributed by atoms with Crippen LogP contribution in [-0.4, -0.2) is 50.9 Å². The van der Waals surface area contributed by atoms with Crippen molar-refractivity contribution in [2.24, 2.45) is 18.9 Å². The van der Waals surface area contributed by atoms with E-state index < -0.39 is 0 Å². The summed E-state index contributed by atoms with van der Waals surface area (Å²) < 4.78 is 7.54. The van der Waals surface area contributed by atoms with E-state index in [-0.39, 0.29) is 23.7 Å². The van der Waals surface area contributed by atoms with E-state index in [1.165, 1.54) is 0 Å². The second-order valence-electron chi connectivity index (χ2n) is 8.08. The van der Waals surface area contributed by atoms with Crippen molar-refractivity contribution in [3.8, 4) is 0 Å². The van der Waals surface area contributed by atoms with E-state index in [0.717, 1.165) is 29.9 Å². The molecule has 142 valence electrons. The van der Waals surface area contributed by atoms with Crippen LogP contribution in [0.2, 0.25) is 0 Å². The van der Waals surface area contributed by atoms with Crippen molar-refractivity contribution in [3.05, 3.63) is 39.3 Å². The fourth-order valence-electron chi connectivity index (χ4n) is 5.14. The number of nitrogens with one attached hydrogen (secondary N) is 1. The molecule has 2 saturated heterocycles. The lowest BCUT2D eigenvalue weighted by Crippen LogP contribution is -2.31. The number of rotatable bonds is 3. The first-order chi connectivity index (χ1) is 12.9. The SMILES string of the molecule is Cc1nc2c(c(C)c1CCC(=O)N1CC3C4C=CC(O4)C3C1)c(=O)[nH]n2C. The van der Waals surface area contributed by atoms with Gasteiger partial charge in [-0.1, -0.05) is 12.2 Å². The Hall–Kier alpha value is -2.41. The van der Waals surface area contributed by atoms with Crippen molar-refractivity contribution in [2.75, 3.05) is 13.1 Å². The van der Waals surface area contributed by atoms with Crippen LogP contribution < -0.4 is 5.56 Å². The minimum Gasteiger partial charge on any atom is -0.366 e. The van der Waals surface area contributed by atoms with Crippen LogP contribution in [0.1, 0.15) is 23.2 Å². The Labute approximate surface area is 157 Å². The lowest BCUT2D eigenvalue weighted by molar-refractivity contribution is -0.130. The highest BCUT2D eigenvalue weighted by Crippen LogP contribution is 2.43. The fourth-order valence-corrected chi connectivity index (χ4v) is 5.14. The summed E-state index contributed by atoms with van der Waals surface area (Å²) in [6.45, 7) is 5.49. The highest BCUT2D eigenvalue weighted by atomic mass is 16.5. The third-order valence-corrected chi connectivity index (χ3v) is 6.58. The zero-order valence-corrected chi connectivity index (χ0v) is 15.9. The molecule has 0 radical (unpaired) electrons. The maximum atomic E-state index is 12.8. The molecule has 3 aliphatic rings. The van der Waals surface area contributed by atoms with Crippen molar-refractivity contribution >= 4 is 16.9 Å². The number of likely N-dealkylation sites (tertiary alicyclic amines) is 1. The molecule has 0 spiro atoms. The molecule has 2 aromatic rings. The number of hydrogen-bond acceptors (Lipinski definition) is 4. The summed E-state index contributed by atoms with van der Waals surface area (Å²) in [6.07, 6.45) is 5.73. The topological polar surface area (TPSA) is 80.2 Å². The number of H-pyrrole nitrogens is 1. The number of fused-ring (bicyclic) bond motifs is 6. The number of carbonyl (C=O) groups excluding carboxylic acids is 1. The molecule has 0 aromatic carbocycles. The Kier molecular flexibility index (Phi) is 3.59. The van der Waals surface area contributed by atoms with Crippen molar-refractivity contribution in [2.45, 2.75) is 38.9 Å². The Balaban J connectivity index is 1.33. The number of aromatic amines is 1. The second-order valence-corrected chi connectivity index (χ2v) is 8.08. The molecule has 2 bridgehead atoms. The maximum Gasteiger partial charge on any atom is 0.273 e. The van der Waals surface area contributed by atoms with E-state index in [1.807, 2.05) is 18.7 Å². The van der Waals surface area contributed by atoms with E-state index in [1.54, 1.807) is 11.7 Å². The largest absolute Gasteiger partial charge is 0.366 e. The van der Waals surface area contributed by atoms with Gasteiger partial charge >= 0.3 is 0 Å². The molecule has 2 aromatic heterocycles. The summed E-state index contributed by atoms with van der Waals surface area (Å²) in [6, 6.07) is 0. The highest BCUT2D eigenvalue weighted by molar-refractivity contribution is 5.81. The molecular weight excluding hydrogens is 344 g/mol. The first kappa shape index (κ1) is 16.7. The third kappa shape index (κ3) is 2.41. The molecule has 7 nitrogen and oxygen atoms in total. The van der Waals surface area contributed by atoms with E-state index in [4.69, 9.17) is 4.74 Å². The Morgan fingerprint density at radius 2 is 1.93 bits per heavy atom. The molecule has 1 N–H and O–H groups in total. The minimum absolute atomic E-state index is 0.125. The zero-order valence-electron chi connectivity index (χ0n) is 15.9. The van der Waals surface area contributed by atoms with Gasteiger partial charge in [-0.25, -0.2) is 4.98 Å². The fraction of sp³-hybridized carbons (Fsp3) is 0.550. The third-order valence-electron chi connectivity index (χ3n) is 6.58. The van der Waals surface area contributed by atoms with Crippen LogP contribution in [0, 0.1) is 25.7 Å². The molecule has 27 heavy (non-hydrogen) atoms. The van der Waals surface area contributed by atoms with Gasteiger partial charge in [0.25, 0.3) is 5.56 Å². The molecule has 0 aliphatic carbocycles. The number of nitrogens with zero attached hydrogens (tertiary/aromatic N) is 3. The number of carbonyl (C=O) groups is 1. The molecule has 5 heterocycles. The van der Waals surface area contributed by atoms with Gasteiger partial charge in [-0.05, 0) is 31.4 Å². The quantitative estimate of drug-likeness (QED) is 0.826. The van der Waals surface area contributed by atoms with Gasteiger partial charge < -0.3 is 9.64 Å². The van der Waals surface area contributed by atoms with E-state index in [9.17, 15) is 9.59 Å². The summed E-state index contributed by atoms with van der Waals surface area (Å²) in [5.41, 5.74) is 3.37. The molecule has 2 fully saturated rings. The van der Waals surface area contributed by atoms with Crippen LogP contribution >= 0.6 is 0 Å². The molecule has 3 aliphatic heterocycles. The Bertz CT molecular complexity index is 1010. The predicted octanol–water partition coefficient (Wildman–Crippen LogP) is 1.22. The lowest BCUT2D eigenvalue weighted by atomic mass is 9.86. The van der Waals surface area contributed by atoms with E-state index in [2.05, 4.69) is 22.2 Å².